The van der Waals surface area contributed by atoms with E-state index in [9.17, 15) is 0 Å². The van der Waals surface area contributed by atoms with Gasteiger partial charge in [0.05, 0.1) is 28.6 Å². The molecular formula is C20H22ClN3O. The van der Waals surface area contributed by atoms with Crippen LogP contribution in [0.4, 0.5) is 0 Å². The topological polar surface area (TPSA) is 29.8 Å². The van der Waals surface area contributed by atoms with Crippen LogP contribution >= 0.6 is 11.6 Å². The van der Waals surface area contributed by atoms with Gasteiger partial charge in [0, 0.05) is 31.4 Å². The SMILES string of the molecule is C[C@@H]1CN(Cc2c(-c3ccccc3)nc3ccc(Cl)cn23)C[C@H](C)O1. The third-order valence-electron chi connectivity index (χ3n) is 4.60. The van der Waals surface area contributed by atoms with Crippen molar-refractivity contribution in [3.8, 4) is 11.3 Å². The van der Waals surface area contributed by atoms with Gasteiger partial charge in [-0.3, -0.25) is 4.90 Å². The molecule has 2 aromatic heterocycles. The molecule has 4 rings (SSSR count). The fourth-order valence-corrected chi connectivity index (χ4v) is 3.83. The van der Waals surface area contributed by atoms with E-state index in [0.29, 0.717) is 0 Å². The number of rotatable bonds is 3. The van der Waals surface area contributed by atoms with Crippen molar-refractivity contribution in [3.63, 3.8) is 0 Å². The van der Waals surface area contributed by atoms with Crippen LogP contribution in [0.5, 0.6) is 0 Å². The summed E-state index contributed by atoms with van der Waals surface area (Å²) in [6, 6.07) is 14.2. The smallest absolute Gasteiger partial charge is 0.137 e. The normalized spacial score (nSPS) is 21.7. The lowest BCUT2D eigenvalue weighted by Gasteiger charge is -2.35. The molecule has 130 valence electrons. The largest absolute Gasteiger partial charge is 0.373 e. The maximum absolute atomic E-state index is 6.25. The van der Waals surface area contributed by atoms with Crippen LogP contribution in [0.2, 0.25) is 5.02 Å². The monoisotopic (exact) mass is 355 g/mol. The van der Waals surface area contributed by atoms with Crippen molar-refractivity contribution in [2.45, 2.75) is 32.6 Å². The number of imidazole rings is 1. The van der Waals surface area contributed by atoms with Crippen LogP contribution in [0.1, 0.15) is 19.5 Å². The van der Waals surface area contributed by atoms with Gasteiger partial charge in [0.2, 0.25) is 0 Å². The van der Waals surface area contributed by atoms with E-state index in [1.807, 2.05) is 24.4 Å². The molecule has 2 atom stereocenters. The quantitative estimate of drug-likeness (QED) is 0.703. The molecule has 3 aromatic rings. The maximum Gasteiger partial charge on any atom is 0.137 e. The second kappa shape index (κ2) is 6.79. The second-order valence-corrected chi connectivity index (χ2v) is 7.24. The summed E-state index contributed by atoms with van der Waals surface area (Å²) in [5, 5.41) is 0.717. The highest BCUT2D eigenvalue weighted by Gasteiger charge is 2.24. The molecule has 0 amide bonds. The molecular weight excluding hydrogens is 334 g/mol. The van der Waals surface area contributed by atoms with Crippen molar-refractivity contribution in [3.05, 3.63) is 59.4 Å². The molecule has 1 aromatic carbocycles. The molecule has 0 aliphatic carbocycles. The van der Waals surface area contributed by atoms with E-state index in [-0.39, 0.29) is 12.2 Å². The van der Waals surface area contributed by atoms with Gasteiger partial charge in [0.25, 0.3) is 0 Å². The molecule has 1 aliphatic rings. The Hall–Kier alpha value is -1.88. The Balaban J connectivity index is 1.78. The molecule has 0 unspecified atom stereocenters. The summed E-state index contributed by atoms with van der Waals surface area (Å²) in [5.74, 6) is 0. The Kier molecular flexibility index (Phi) is 4.50. The highest BCUT2D eigenvalue weighted by molar-refractivity contribution is 6.30. The minimum atomic E-state index is 0.242. The molecule has 0 bridgehead atoms. The van der Waals surface area contributed by atoms with E-state index in [4.69, 9.17) is 21.3 Å². The average Bonchev–Trinajstić information content (AvgIpc) is 2.93. The fraction of sp³-hybridized carbons (Fsp3) is 0.350. The minimum Gasteiger partial charge on any atom is -0.373 e. The zero-order valence-electron chi connectivity index (χ0n) is 14.5. The van der Waals surface area contributed by atoms with Crippen molar-refractivity contribution in [1.82, 2.24) is 14.3 Å². The molecule has 4 nitrogen and oxygen atoms in total. The van der Waals surface area contributed by atoms with E-state index in [0.717, 1.165) is 41.6 Å². The first kappa shape index (κ1) is 16.6. The highest BCUT2D eigenvalue weighted by atomic mass is 35.5. The number of hydrogen-bond acceptors (Lipinski definition) is 3. The van der Waals surface area contributed by atoms with Crippen LogP contribution in [-0.4, -0.2) is 39.6 Å². The molecule has 3 heterocycles. The highest BCUT2D eigenvalue weighted by Crippen LogP contribution is 2.27. The van der Waals surface area contributed by atoms with Gasteiger partial charge in [0.1, 0.15) is 5.65 Å². The van der Waals surface area contributed by atoms with E-state index in [1.54, 1.807) is 0 Å². The predicted octanol–water partition coefficient (Wildman–Crippen LogP) is 4.26. The van der Waals surface area contributed by atoms with Crippen LogP contribution in [0.25, 0.3) is 16.9 Å². The minimum absolute atomic E-state index is 0.242. The Bertz CT molecular complexity index is 867. The van der Waals surface area contributed by atoms with Gasteiger partial charge >= 0.3 is 0 Å². The number of morpholine rings is 1. The Morgan fingerprint density at radius 1 is 1.08 bits per heavy atom. The average molecular weight is 356 g/mol. The van der Waals surface area contributed by atoms with Crippen molar-refractivity contribution < 1.29 is 4.74 Å². The first-order valence-electron chi connectivity index (χ1n) is 8.70. The van der Waals surface area contributed by atoms with E-state index in [1.165, 1.54) is 5.69 Å². The number of halogens is 1. The van der Waals surface area contributed by atoms with E-state index >= 15 is 0 Å². The van der Waals surface area contributed by atoms with Crippen LogP contribution in [0.3, 0.4) is 0 Å². The number of ether oxygens (including phenoxy) is 1. The number of hydrogen-bond donors (Lipinski definition) is 0. The third kappa shape index (κ3) is 3.43. The van der Waals surface area contributed by atoms with Gasteiger partial charge in [-0.2, -0.15) is 0 Å². The Labute approximate surface area is 153 Å². The molecule has 1 saturated heterocycles. The van der Waals surface area contributed by atoms with Gasteiger partial charge < -0.3 is 9.14 Å². The number of pyridine rings is 1. The van der Waals surface area contributed by atoms with Crippen LogP contribution < -0.4 is 0 Å². The summed E-state index contributed by atoms with van der Waals surface area (Å²) < 4.78 is 7.99. The first-order chi connectivity index (χ1) is 12.1. The second-order valence-electron chi connectivity index (χ2n) is 6.80. The molecule has 25 heavy (non-hydrogen) atoms. The van der Waals surface area contributed by atoms with Crippen molar-refractivity contribution >= 4 is 17.2 Å². The van der Waals surface area contributed by atoms with Gasteiger partial charge in [-0.1, -0.05) is 41.9 Å². The lowest BCUT2D eigenvalue weighted by atomic mass is 10.1. The van der Waals surface area contributed by atoms with Gasteiger partial charge in [-0.05, 0) is 26.0 Å². The van der Waals surface area contributed by atoms with Crippen LogP contribution in [0.15, 0.2) is 48.7 Å². The maximum atomic E-state index is 6.25. The molecule has 1 fully saturated rings. The zero-order valence-corrected chi connectivity index (χ0v) is 15.3. The van der Waals surface area contributed by atoms with Gasteiger partial charge in [-0.15, -0.1) is 0 Å². The molecule has 0 radical (unpaired) electrons. The Morgan fingerprint density at radius 2 is 1.80 bits per heavy atom. The molecule has 0 spiro atoms. The van der Waals surface area contributed by atoms with Crippen molar-refractivity contribution in [2.24, 2.45) is 0 Å². The molecule has 0 saturated carbocycles. The number of aromatic nitrogens is 2. The van der Waals surface area contributed by atoms with Crippen LogP contribution in [-0.2, 0) is 11.3 Å². The lowest BCUT2D eigenvalue weighted by Crippen LogP contribution is -2.45. The summed E-state index contributed by atoms with van der Waals surface area (Å²) in [5.41, 5.74) is 4.25. The summed E-state index contributed by atoms with van der Waals surface area (Å²) in [4.78, 5) is 7.31. The van der Waals surface area contributed by atoms with Crippen molar-refractivity contribution in [2.75, 3.05) is 13.1 Å². The lowest BCUT2D eigenvalue weighted by molar-refractivity contribution is -0.0707. The Morgan fingerprint density at radius 3 is 2.52 bits per heavy atom. The predicted molar refractivity (Wildman–Crippen MR) is 101 cm³/mol. The molecule has 0 N–H and O–H groups in total. The number of nitrogens with zero attached hydrogens (tertiary/aromatic N) is 3. The van der Waals surface area contributed by atoms with Gasteiger partial charge in [-0.25, -0.2) is 4.98 Å². The number of fused-ring (bicyclic) bond motifs is 1. The molecule has 1 aliphatic heterocycles. The summed E-state index contributed by atoms with van der Waals surface area (Å²) >= 11 is 6.25. The number of benzene rings is 1. The van der Waals surface area contributed by atoms with Crippen molar-refractivity contribution in [1.29, 1.82) is 0 Å². The van der Waals surface area contributed by atoms with E-state index in [2.05, 4.69) is 47.4 Å². The summed E-state index contributed by atoms with van der Waals surface area (Å²) in [6.07, 6.45) is 2.44. The summed E-state index contributed by atoms with van der Waals surface area (Å²) in [6.45, 7) is 6.93. The van der Waals surface area contributed by atoms with Gasteiger partial charge in [0.15, 0.2) is 0 Å². The fourth-order valence-electron chi connectivity index (χ4n) is 3.67. The third-order valence-corrected chi connectivity index (χ3v) is 4.82. The molecule has 5 heteroatoms. The van der Waals surface area contributed by atoms with E-state index < -0.39 is 0 Å². The zero-order chi connectivity index (χ0) is 17.4. The first-order valence-corrected chi connectivity index (χ1v) is 9.07. The summed E-state index contributed by atoms with van der Waals surface area (Å²) in [7, 11) is 0. The van der Waals surface area contributed by atoms with Crippen LogP contribution in [0, 0.1) is 0 Å². The standard InChI is InChI=1S/C20H22ClN3O/c1-14-10-23(11-15(2)25-14)13-18-20(16-6-4-3-5-7-16)22-19-9-8-17(21)12-24(18)19/h3-9,12,14-15H,10-11,13H2,1-2H3/t14-,15+.